The molecule has 0 spiro atoms. The molecule has 2 rings (SSSR count). The first-order valence-electron chi connectivity index (χ1n) is 6.81. The van der Waals surface area contributed by atoms with Crippen molar-refractivity contribution in [3.05, 3.63) is 24.3 Å². The molecule has 1 amide bonds. The first-order chi connectivity index (χ1) is 10.1. The van der Waals surface area contributed by atoms with Gasteiger partial charge in [0.1, 0.15) is 5.40 Å². The number of benzene rings is 1. The molecule has 110 valence electrons. The van der Waals surface area contributed by atoms with E-state index in [1.165, 1.54) is 0 Å². The quantitative estimate of drug-likeness (QED) is 0.659. The Morgan fingerprint density at radius 3 is 2.38 bits per heavy atom. The van der Waals surface area contributed by atoms with Gasteiger partial charge in [0.15, 0.2) is 0 Å². The third-order valence-electron chi connectivity index (χ3n) is 3.71. The van der Waals surface area contributed by atoms with Crippen molar-refractivity contribution in [3.63, 3.8) is 0 Å². The summed E-state index contributed by atoms with van der Waals surface area (Å²) in [6.45, 7) is 0. The van der Waals surface area contributed by atoms with Crippen LogP contribution in [-0.2, 0) is 9.59 Å². The third-order valence-corrected chi connectivity index (χ3v) is 4.30. The molecule has 1 fully saturated rings. The number of carboxylic acids is 1. The van der Waals surface area contributed by atoms with Crippen molar-refractivity contribution in [2.45, 2.75) is 30.6 Å². The van der Waals surface area contributed by atoms with Crippen LogP contribution in [0.15, 0.2) is 29.2 Å². The third kappa shape index (κ3) is 3.99. The van der Waals surface area contributed by atoms with Crippen LogP contribution < -0.4 is 5.32 Å². The number of amides is 1. The molecule has 0 radical (unpaired) electrons. The topological polar surface area (TPSA) is 90.2 Å². The number of nitrogens with zero attached hydrogens (tertiary/aromatic N) is 1. The summed E-state index contributed by atoms with van der Waals surface area (Å²) in [6, 6.07) is 6.93. The summed E-state index contributed by atoms with van der Waals surface area (Å²) in [4.78, 5) is 24.3. The summed E-state index contributed by atoms with van der Waals surface area (Å²) in [5, 5.41) is 22.5. The summed E-state index contributed by atoms with van der Waals surface area (Å²) < 4.78 is 0. The minimum absolute atomic E-state index is 0.234. The molecule has 1 aromatic carbocycles. The summed E-state index contributed by atoms with van der Waals surface area (Å²) in [6.07, 6.45) is 2.93. The van der Waals surface area contributed by atoms with Gasteiger partial charge in [-0.15, -0.1) is 0 Å². The highest BCUT2D eigenvalue weighted by Gasteiger charge is 2.35. The number of rotatable bonds is 4. The first-order valence-corrected chi connectivity index (χ1v) is 7.63. The minimum Gasteiger partial charge on any atom is -0.481 e. The van der Waals surface area contributed by atoms with Crippen LogP contribution in [0, 0.1) is 22.5 Å². The van der Waals surface area contributed by atoms with Gasteiger partial charge < -0.3 is 10.4 Å². The first kappa shape index (κ1) is 15.4. The van der Waals surface area contributed by atoms with Gasteiger partial charge in [-0.1, -0.05) is 12.8 Å². The Bertz CT molecular complexity index is 565. The number of hydrogen-bond acceptors (Lipinski definition) is 4. The van der Waals surface area contributed by atoms with Crippen LogP contribution >= 0.6 is 11.8 Å². The molecule has 2 atom stereocenters. The fourth-order valence-corrected chi connectivity index (χ4v) is 3.01. The zero-order chi connectivity index (χ0) is 15.2. The Morgan fingerprint density at radius 2 is 1.81 bits per heavy atom. The maximum atomic E-state index is 12.3. The van der Waals surface area contributed by atoms with Crippen LogP contribution in [0.5, 0.6) is 0 Å². The number of thioether (sulfide) groups is 1. The maximum Gasteiger partial charge on any atom is 0.307 e. The second kappa shape index (κ2) is 7.14. The second-order valence-electron chi connectivity index (χ2n) is 5.04. The van der Waals surface area contributed by atoms with Gasteiger partial charge in [0.25, 0.3) is 0 Å². The lowest BCUT2D eigenvalue weighted by Gasteiger charge is -2.27. The standard InChI is InChI=1S/C15H16N2O3S/c16-9-21-11-7-5-10(6-8-11)17-14(18)12-3-1-2-4-13(12)15(19)20/h5-8,12-13H,1-4H2,(H,17,18)(H,19,20). The molecule has 5 nitrogen and oxygen atoms in total. The van der Waals surface area contributed by atoms with Gasteiger partial charge >= 0.3 is 5.97 Å². The lowest BCUT2D eigenvalue weighted by Crippen LogP contribution is -2.36. The molecule has 1 aliphatic rings. The van der Waals surface area contributed by atoms with Crippen molar-refractivity contribution in [2.24, 2.45) is 11.8 Å². The number of carboxylic acid groups (broad SMARTS) is 1. The average molecular weight is 304 g/mol. The molecule has 0 bridgehead atoms. The van der Waals surface area contributed by atoms with Gasteiger partial charge in [-0.2, -0.15) is 5.26 Å². The van der Waals surface area contributed by atoms with Crippen molar-refractivity contribution in [2.75, 3.05) is 5.32 Å². The number of hydrogen-bond donors (Lipinski definition) is 2. The van der Waals surface area contributed by atoms with E-state index < -0.39 is 17.8 Å². The Morgan fingerprint density at radius 1 is 1.19 bits per heavy atom. The van der Waals surface area contributed by atoms with E-state index in [1.807, 2.05) is 5.40 Å². The lowest BCUT2D eigenvalue weighted by molar-refractivity contribution is -0.147. The lowest BCUT2D eigenvalue weighted by atomic mass is 9.78. The van der Waals surface area contributed by atoms with Crippen LogP contribution in [-0.4, -0.2) is 17.0 Å². The van der Waals surface area contributed by atoms with Crippen molar-refractivity contribution in [1.29, 1.82) is 5.26 Å². The summed E-state index contributed by atoms with van der Waals surface area (Å²) >= 11 is 1.05. The molecular formula is C15H16N2O3S. The summed E-state index contributed by atoms with van der Waals surface area (Å²) in [5.41, 5.74) is 0.622. The second-order valence-corrected chi connectivity index (χ2v) is 5.90. The van der Waals surface area contributed by atoms with Crippen molar-refractivity contribution in [1.82, 2.24) is 0 Å². The van der Waals surface area contributed by atoms with Gasteiger partial charge in [-0.3, -0.25) is 9.59 Å². The largest absolute Gasteiger partial charge is 0.481 e. The van der Waals surface area contributed by atoms with Crippen LogP contribution in [0.3, 0.4) is 0 Å². The van der Waals surface area contributed by atoms with Gasteiger partial charge in [0, 0.05) is 10.6 Å². The Kier molecular flexibility index (Phi) is 5.23. The highest BCUT2D eigenvalue weighted by Crippen LogP contribution is 2.31. The predicted molar refractivity (Wildman–Crippen MR) is 79.6 cm³/mol. The highest BCUT2D eigenvalue weighted by atomic mass is 32.2. The molecule has 1 aliphatic carbocycles. The molecular weight excluding hydrogens is 288 g/mol. The molecule has 1 saturated carbocycles. The fraction of sp³-hybridized carbons (Fsp3) is 0.400. The molecule has 1 aromatic rings. The van der Waals surface area contributed by atoms with E-state index in [0.717, 1.165) is 29.5 Å². The Hall–Kier alpha value is -2.00. The predicted octanol–water partition coefficient (Wildman–Crippen LogP) is 3.09. The number of nitrogens with one attached hydrogen (secondary N) is 1. The molecule has 0 aromatic heterocycles. The van der Waals surface area contributed by atoms with E-state index >= 15 is 0 Å². The molecule has 2 N–H and O–H groups in total. The van der Waals surface area contributed by atoms with Crippen LogP contribution in [0.2, 0.25) is 0 Å². The van der Waals surface area contributed by atoms with Gasteiger partial charge in [0.2, 0.25) is 5.91 Å². The van der Waals surface area contributed by atoms with Crippen LogP contribution in [0.25, 0.3) is 0 Å². The number of nitriles is 1. The maximum absolute atomic E-state index is 12.3. The fourth-order valence-electron chi connectivity index (χ4n) is 2.63. The minimum atomic E-state index is -0.893. The van der Waals surface area contributed by atoms with Crippen LogP contribution in [0.1, 0.15) is 25.7 Å². The average Bonchev–Trinajstić information content (AvgIpc) is 2.49. The van der Waals surface area contributed by atoms with E-state index in [4.69, 9.17) is 5.26 Å². The number of carbonyl (C=O) groups is 2. The number of anilines is 1. The van der Waals surface area contributed by atoms with Gasteiger partial charge in [-0.05, 0) is 48.9 Å². The number of aliphatic carboxylic acids is 1. The van der Waals surface area contributed by atoms with Crippen molar-refractivity contribution >= 4 is 29.3 Å². The normalized spacial score (nSPS) is 21.3. The van der Waals surface area contributed by atoms with Gasteiger partial charge in [0.05, 0.1) is 11.8 Å². The molecule has 0 aliphatic heterocycles. The zero-order valence-corrected chi connectivity index (χ0v) is 12.2. The molecule has 2 unspecified atom stereocenters. The summed E-state index contributed by atoms with van der Waals surface area (Å²) in [7, 11) is 0. The Labute approximate surface area is 127 Å². The SMILES string of the molecule is N#CSc1ccc(NC(=O)C2CCCCC2C(=O)O)cc1. The Balaban J connectivity index is 2.02. The highest BCUT2D eigenvalue weighted by molar-refractivity contribution is 8.03. The van der Waals surface area contributed by atoms with Crippen LogP contribution in [0.4, 0.5) is 5.69 Å². The van der Waals surface area contributed by atoms with E-state index in [2.05, 4.69) is 5.32 Å². The zero-order valence-electron chi connectivity index (χ0n) is 11.4. The van der Waals surface area contributed by atoms with E-state index in [9.17, 15) is 14.7 Å². The van der Waals surface area contributed by atoms with E-state index in [1.54, 1.807) is 24.3 Å². The van der Waals surface area contributed by atoms with Crippen molar-refractivity contribution < 1.29 is 14.7 Å². The molecule has 0 heterocycles. The summed E-state index contributed by atoms with van der Waals surface area (Å²) in [5.74, 6) is -2.19. The molecule has 0 saturated heterocycles. The molecule has 21 heavy (non-hydrogen) atoms. The monoisotopic (exact) mass is 304 g/mol. The van der Waals surface area contributed by atoms with Gasteiger partial charge in [-0.25, -0.2) is 0 Å². The van der Waals surface area contributed by atoms with E-state index in [-0.39, 0.29) is 5.91 Å². The number of carbonyl (C=O) groups excluding carboxylic acids is 1. The van der Waals surface area contributed by atoms with Crippen molar-refractivity contribution in [3.8, 4) is 5.40 Å². The smallest absolute Gasteiger partial charge is 0.307 e. The number of thiocyanates is 1. The van der Waals surface area contributed by atoms with E-state index in [0.29, 0.717) is 18.5 Å². The molecule has 6 heteroatoms.